The van der Waals surface area contributed by atoms with Gasteiger partial charge in [-0.2, -0.15) is 0 Å². The van der Waals surface area contributed by atoms with Crippen molar-refractivity contribution in [3.05, 3.63) is 0 Å². The van der Waals surface area contributed by atoms with Gasteiger partial charge in [-0.3, -0.25) is 19.2 Å². The second-order valence-corrected chi connectivity index (χ2v) is 19.3. The monoisotopic (exact) mass is 630 g/mol. The molecular formula is C39H50O7. The van der Waals surface area contributed by atoms with Crippen LogP contribution in [0.4, 0.5) is 0 Å². The van der Waals surface area contributed by atoms with Gasteiger partial charge in [0.25, 0.3) is 0 Å². The highest BCUT2D eigenvalue weighted by Gasteiger charge is 2.84. The molecule has 11 aliphatic rings. The number of carbonyl (C=O) groups excluding carboxylic acids is 3. The summed E-state index contributed by atoms with van der Waals surface area (Å²) in [6.07, 6.45) is 11.1. The summed E-state index contributed by atoms with van der Waals surface area (Å²) in [7, 11) is 0. The average Bonchev–Trinajstić information content (AvgIpc) is 3.78. The first-order valence-electron chi connectivity index (χ1n) is 19.2. The van der Waals surface area contributed by atoms with Crippen LogP contribution in [0, 0.1) is 124 Å². The summed E-state index contributed by atoms with van der Waals surface area (Å²) >= 11 is 0. The Morgan fingerprint density at radius 1 is 0.717 bits per heavy atom. The first kappa shape index (κ1) is 28.0. The Morgan fingerprint density at radius 2 is 1.35 bits per heavy atom. The molecule has 11 fully saturated rings. The van der Waals surface area contributed by atoms with Gasteiger partial charge in [-0.1, -0.05) is 20.3 Å². The Kier molecular flexibility index (Phi) is 5.24. The molecule has 1 spiro atoms. The van der Waals surface area contributed by atoms with Crippen LogP contribution in [-0.2, 0) is 28.7 Å². The molecule has 248 valence electrons. The zero-order valence-corrected chi connectivity index (χ0v) is 27.5. The first-order valence-corrected chi connectivity index (χ1v) is 19.2. The lowest BCUT2D eigenvalue weighted by Gasteiger charge is -2.54. The second-order valence-electron chi connectivity index (χ2n) is 19.3. The summed E-state index contributed by atoms with van der Waals surface area (Å²) in [5.74, 6) is 4.92. The largest absolute Gasteiger partial charge is 0.481 e. The molecule has 10 saturated carbocycles. The van der Waals surface area contributed by atoms with Crippen molar-refractivity contribution in [1.82, 2.24) is 0 Å². The van der Waals surface area contributed by atoms with E-state index in [0.717, 1.165) is 62.2 Å². The topological polar surface area (TPSA) is 107 Å². The third kappa shape index (κ3) is 2.99. The Bertz CT molecular complexity index is 1470. The van der Waals surface area contributed by atoms with Crippen molar-refractivity contribution < 1.29 is 33.8 Å². The SMILES string of the molecule is CC1C2CC(CC2C(=O)O)C1C1C2CC(C3C(=O)OC(=O)C23)C1C1C(C)C2CC(C(=O)OC3(C)CC4C5CCCC5C5CC453)C1C2. The number of carboxylic acid groups (broad SMARTS) is 1. The molecule has 1 N–H and O–H groups in total. The van der Waals surface area contributed by atoms with Gasteiger partial charge in [0.2, 0.25) is 0 Å². The van der Waals surface area contributed by atoms with E-state index in [1.54, 1.807) is 0 Å². The molecule has 0 aromatic heterocycles. The molecule has 7 heteroatoms. The van der Waals surface area contributed by atoms with E-state index in [-0.39, 0.29) is 76.3 Å². The second kappa shape index (κ2) is 8.62. The van der Waals surface area contributed by atoms with E-state index >= 15 is 0 Å². The van der Waals surface area contributed by atoms with Crippen LogP contribution >= 0.6 is 0 Å². The molecule has 0 aromatic rings. The molecule has 22 unspecified atom stereocenters. The van der Waals surface area contributed by atoms with Crippen LogP contribution in [0.25, 0.3) is 0 Å². The lowest BCUT2D eigenvalue weighted by atomic mass is 9.53. The molecule has 0 radical (unpaired) electrons. The van der Waals surface area contributed by atoms with E-state index in [2.05, 4.69) is 20.8 Å². The summed E-state index contributed by atoms with van der Waals surface area (Å²) < 4.78 is 12.1. The summed E-state index contributed by atoms with van der Waals surface area (Å²) in [5.41, 5.74) is -0.0173. The van der Waals surface area contributed by atoms with Gasteiger partial charge in [0.05, 0.1) is 23.7 Å². The number of rotatable bonds is 5. The van der Waals surface area contributed by atoms with E-state index in [9.17, 15) is 24.3 Å². The Labute approximate surface area is 271 Å². The van der Waals surface area contributed by atoms with Gasteiger partial charge >= 0.3 is 23.9 Å². The van der Waals surface area contributed by atoms with Crippen molar-refractivity contribution in [2.24, 2.45) is 124 Å². The van der Waals surface area contributed by atoms with Gasteiger partial charge in [0.1, 0.15) is 5.60 Å². The Morgan fingerprint density at radius 3 is 2.00 bits per heavy atom. The minimum Gasteiger partial charge on any atom is -0.481 e. The molecule has 6 bridgehead atoms. The Hall–Kier alpha value is -1.92. The molecule has 22 atom stereocenters. The molecule has 1 saturated heterocycles. The zero-order chi connectivity index (χ0) is 31.3. The lowest BCUT2D eigenvalue weighted by molar-refractivity contribution is -0.208. The zero-order valence-electron chi connectivity index (χ0n) is 27.5. The molecule has 0 aromatic carbocycles. The van der Waals surface area contributed by atoms with Crippen molar-refractivity contribution in [3.8, 4) is 0 Å². The molecule has 11 rings (SSSR count). The number of aliphatic carboxylic acids is 1. The molecule has 46 heavy (non-hydrogen) atoms. The van der Waals surface area contributed by atoms with Crippen molar-refractivity contribution in [3.63, 3.8) is 0 Å². The average molecular weight is 631 g/mol. The highest BCUT2D eigenvalue weighted by atomic mass is 16.6. The number of fused-ring (bicyclic) bond motifs is 12. The van der Waals surface area contributed by atoms with E-state index in [1.165, 1.54) is 25.7 Å². The summed E-state index contributed by atoms with van der Waals surface area (Å²) in [6.45, 7) is 6.95. The van der Waals surface area contributed by atoms with Crippen molar-refractivity contribution >= 4 is 23.9 Å². The molecule has 1 aliphatic heterocycles. The van der Waals surface area contributed by atoms with E-state index in [0.29, 0.717) is 47.3 Å². The van der Waals surface area contributed by atoms with Crippen LogP contribution in [0.15, 0.2) is 0 Å². The summed E-state index contributed by atoms with van der Waals surface area (Å²) in [4.78, 5) is 52.8. The van der Waals surface area contributed by atoms with Crippen LogP contribution in [0.5, 0.6) is 0 Å². The normalized spacial score (nSPS) is 63.8. The van der Waals surface area contributed by atoms with Crippen LogP contribution in [0.2, 0.25) is 0 Å². The van der Waals surface area contributed by atoms with E-state index in [1.807, 2.05) is 0 Å². The lowest BCUT2D eigenvalue weighted by Crippen LogP contribution is -2.58. The van der Waals surface area contributed by atoms with E-state index < -0.39 is 5.97 Å². The standard InChI is InChI=1S/C39H50O7/c1-14-16-7-21(23(8-16)35(42)46-38(3)12-26-18-5-4-6-19(18)27-13-39(26,27)38)29(14)31-25-11-24(32-33(25)37(44)45-36(32)43)30(31)28-15(2)20-9-17(28)10-22(20)34(40)41/h14-33H,4-13H2,1-3H3,(H,40,41). The molecule has 7 nitrogen and oxygen atoms in total. The maximum absolute atomic E-state index is 14.3. The highest BCUT2D eigenvalue weighted by Crippen LogP contribution is 2.86. The predicted molar refractivity (Wildman–Crippen MR) is 163 cm³/mol. The Balaban J connectivity index is 0.899. The number of cyclic esters (lactones) is 2. The van der Waals surface area contributed by atoms with Gasteiger partial charge in [0.15, 0.2) is 0 Å². The van der Waals surface area contributed by atoms with Gasteiger partial charge < -0.3 is 14.6 Å². The van der Waals surface area contributed by atoms with E-state index in [4.69, 9.17) is 9.47 Å². The molecule has 1 heterocycles. The number of carboxylic acids is 1. The third-order valence-electron chi connectivity index (χ3n) is 18.8. The fourth-order valence-electron chi connectivity index (χ4n) is 17.6. The minimum absolute atomic E-state index is 0.0573. The van der Waals surface area contributed by atoms with Gasteiger partial charge in [0, 0.05) is 5.41 Å². The number of esters is 3. The summed E-state index contributed by atoms with van der Waals surface area (Å²) in [6, 6.07) is 0. The summed E-state index contributed by atoms with van der Waals surface area (Å²) in [5, 5.41) is 9.98. The van der Waals surface area contributed by atoms with Gasteiger partial charge in [-0.05, 0) is 159 Å². The molecule has 0 amide bonds. The molecule has 10 aliphatic carbocycles. The van der Waals surface area contributed by atoms with Crippen molar-refractivity contribution in [2.45, 2.75) is 90.6 Å². The number of hydrogen-bond acceptors (Lipinski definition) is 6. The van der Waals surface area contributed by atoms with Crippen LogP contribution in [-0.4, -0.2) is 34.6 Å². The van der Waals surface area contributed by atoms with Crippen LogP contribution in [0.1, 0.15) is 85.0 Å². The first-order chi connectivity index (χ1) is 22.0. The smallest absolute Gasteiger partial charge is 0.317 e. The fourth-order valence-corrected chi connectivity index (χ4v) is 17.6. The van der Waals surface area contributed by atoms with Crippen molar-refractivity contribution in [1.29, 1.82) is 0 Å². The third-order valence-corrected chi connectivity index (χ3v) is 18.8. The highest BCUT2D eigenvalue weighted by molar-refractivity contribution is 5.97. The number of hydrogen-bond donors (Lipinski definition) is 1. The molecular weight excluding hydrogens is 580 g/mol. The quantitative estimate of drug-likeness (QED) is 0.300. The number of ether oxygens (including phenoxy) is 2. The van der Waals surface area contributed by atoms with Crippen LogP contribution in [0.3, 0.4) is 0 Å². The van der Waals surface area contributed by atoms with Crippen molar-refractivity contribution in [2.75, 3.05) is 0 Å². The minimum atomic E-state index is -0.653. The van der Waals surface area contributed by atoms with Crippen LogP contribution < -0.4 is 0 Å². The van der Waals surface area contributed by atoms with Gasteiger partial charge in [-0.15, -0.1) is 0 Å². The predicted octanol–water partition coefficient (Wildman–Crippen LogP) is 5.84. The number of carbonyl (C=O) groups is 4. The maximum atomic E-state index is 14.3. The van der Waals surface area contributed by atoms with Gasteiger partial charge in [-0.25, -0.2) is 0 Å². The fraction of sp³-hybridized carbons (Fsp3) is 0.897. The maximum Gasteiger partial charge on any atom is 0.317 e.